The molecule has 0 saturated carbocycles. The summed E-state index contributed by atoms with van der Waals surface area (Å²) in [6, 6.07) is 12.8. The van der Waals surface area contributed by atoms with Gasteiger partial charge in [0.25, 0.3) is 0 Å². The average Bonchev–Trinajstić information content (AvgIpc) is 2.91. The Labute approximate surface area is 151 Å². The van der Waals surface area contributed by atoms with E-state index in [0.29, 0.717) is 24.3 Å². The summed E-state index contributed by atoms with van der Waals surface area (Å²) in [5.41, 5.74) is 7.07. The summed E-state index contributed by atoms with van der Waals surface area (Å²) < 4.78 is 2.90. The molecule has 26 heavy (non-hydrogen) atoms. The Morgan fingerprint density at radius 1 is 1.27 bits per heavy atom. The zero-order valence-electron chi connectivity index (χ0n) is 15.0. The summed E-state index contributed by atoms with van der Waals surface area (Å²) in [5, 5.41) is 7.18. The maximum Gasteiger partial charge on any atom is 0.350 e. The van der Waals surface area contributed by atoms with E-state index in [2.05, 4.69) is 10.4 Å². The van der Waals surface area contributed by atoms with Crippen LogP contribution in [0.2, 0.25) is 0 Å². The van der Waals surface area contributed by atoms with E-state index in [1.165, 1.54) is 9.08 Å². The Balaban J connectivity index is 1.80. The molecule has 1 amide bonds. The topological polar surface area (TPSA) is 94.4 Å². The van der Waals surface area contributed by atoms with Gasteiger partial charge in [0.15, 0.2) is 5.65 Å². The van der Waals surface area contributed by atoms with Gasteiger partial charge in [-0.25, -0.2) is 9.48 Å². The van der Waals surface area contributed by atoms with E-state index in [4.69, 9.17) is 5.73 Å². The Kier molecular flexibility index (Phi) is 4.90. The summed E-state index contributed by atoms with van der Waals surface area (Å²) in [6.07, 6.45) is 3.13. The first-order chi connectivity index (χ1) is 12.4. The van der Waals surface area contributed by atoms with Gasteiger partial charge in [-0.15, -0.1) is 5.10 Å². The molecule has 0 spiro atoms. The van der Waals surface area contributed by atoms with Gasteiger partial charge in [0, 0.05) is 11.9 Å². The van der Waals surface area contributed by atoms with Crippen LogP contribution in [0.25, 0.3) is 5.65 Å². The van der Waals surface area contributed by atoms with Crippen molar-refractivity contribution in [3.8, 4) is 0 Å². The number of nitrogens with one attached hydrogen (secondary N) is 1. The molecule has 2 heterocycles. The number of nitrogens with two attached hydrogens (primary N) is 1. The van der Waals surface area contributed by atoms with Gasteiger partial charge in [0.2, 0.25) is 5.91 Å². The zero-order chi connectivity index (χ0) is 18.7. The standard InChI is InChI=1S/C19H23N5O2/c1-3-10-19(2,20)17(25)21-15-8-6-7-14(12-15)13-24-18(26)23-11-5-4-9-16(23)22-24/h4-9,11-12H,3,10,13,20H2,1-2H3,(H,21,25). The molecule has 0 radical (unpaired) electrons. The minimum Gasteiger partial charge on any atom is -0.324 e. The number of carbonyl (C=O) groups is 1. The fourth-order valence-electron chi connectivity index (χ4n) is 2.90. The van der Waals surface area contributed by atoms with E-state index in [9.17, 15) is 9.59 Å². The number of hydrogen-bond donors (Lipinski definition) is 2. The maximum absolute atomic E-state index is 12.4. The van der Waals surface area contributed by atoms with Gasteiger partial charge in [-0.2, -0.15) is 0 Å². The third-order valence-corrected chi connectivity index (χ3v) is 4.29. The molecule has 1 atom stereocenters. The predicted molar refractivity (Wildman–Crippen MR) is 101 cm³/mol. The molecule has 0 saturated heterocycles. The van der Waals surface area contributed by atoms with Crippen LogP contribution in [-0.4, -0.2) is 25.6 Å². The van der Waals surface area contributed by atoms with Crippen molar-refractivity contribution in [3.05, 3.63) is 64.7 Å². The minimum absolute atomic E-state index is 0.201. The van der Waals surface area contributed by atoms with E-state index < -0.39 is 5.54 Å². The van der Waals surface area contributed by atoms with Crippen LogP contribution in [0.15, 0.2) is 53.5 Å². The SMILES string of the molecule is CCCC(C)(N)C(=O)Nc1cccc(Cn2nc3ccccn3c2=O)c1. The molecule has 3 N–H and O–H groups in total. The number of fused-ring (bicyclic) bond motifs is 1. The quantitative estimate of drug-likeness (QED) is 0.709. The Hall–Kier alpha value is -2.93. The van der Waals surface area contributed by atoms with Crippen molar-refractivity contribution in [2.24, 2.45) is 5.73 Å². The number of rotatable bonds is 6. The van der Waals surface area contributed by atoms with Crippen molar-refractivity contribution in [1.82, 2.24) is 14.2 Å². The number of aromatic nitrogens is 3. The number of carbonyl (C=O) groups excluding carboxylic acids is 1. The third kappa shape index (κ3) is 3.67. The zero-order valence-corrected chi connectivity index (χ0v) is 15.0. The van der Waals surface area contributed by atoms with E-state index in [-0.39, 0.29) is 11.6 Å². The highest BCUT2D eigenvalue weighted by Crippen LogP contribution is 2.16. The second-order valence-electron chi connectivity index (χ2n) is 6.69. The minimum atomic E-state index is -0.913. The van der Waals surface area contributed by atoms with Crippen LogP contribution in [-0.2, 0) is 11.3 Å². The Morgan fingerprint density at radius 2 is 2.08 bits per heavy atom. The van der Waals surface area contributed by atoms with Crippen molar-refractivity contribution in [3.63, 3.8) is 0 Å². The lowest BCUT2D eigenvalue weighted by atomic mass is 9.96. The van der Waals surface area contributed by atoms with Gasteiger partial charge in [-0.3, -0.25) is 9.20 Å². The van der Waals surface area contributed by atoms with Gasteiger partial charge in [-0.05, 0) is 43.2 Å². The first kappa shape index (κ1) is 17.9. The first-order valence-corrected chi connectivity index (χ1v) is 8.64. The molecule has 1 aromatic carbocycles. The van der Waals surface area contributed by atoms with E-state index in [0.717, 1.165) is 12.0 Å². The lowest BCUT2D eigenvalue weighted by Gasteiger charge is -2.23. The fraction of sp³-hybridized carbons (Fsp3) is 0.316. The molecule has 3 rings (SSSR count). The summed E-state index contributed by atoms with van der Waals surface area (Å²) in [4.78, 5) is 24.7. The highest BCUT2D eigenvalue weighted by Gasteiger charge is 2.27. The molecule has 3 aromatic rings. The molecule has 0 aliphatic rings. The second-order valence-corrected chi connectivity index (χ2v) is 6.69. The molecule has 7 nitrogen and oxygen atoms in total. The predicted octanol–water partition coefficient (Wildman–Crippen LogP) is 2.00. The maximum atomic E-state index is 12.4. The molecule has 1 unspecified atom stereocenters. The number of hydrogen-bond acceptors (Lipinski definition) is 4. The van der Waals surface area contributed by atoms with Crippen molar-refractivity contribution < 1.29 is 4.79 Å². The molecular formula is C19H23N5O2. The van der Waals surface area contributed by atoms with Crippen molar-refractivity contribution >= 4 is 17.2 Å². The number of benzene rings is 1. The summed E-state index contributed by atoms with van der Waals surface area (Å²) in [6.45, 7) is 4.04. The monoisotopic (exact) mass is 353 g/mol. The van der Waals surface area contributed by atoms with Crippen LogP contribution >= 0.6 is 0 Å². The van der Waals surface area contributed by atoms with Gasteiger partial charge < -0.3 is 11.1 Å². The number of nitrogens with zero attached hydrogens (tertiary/aromatic N) is 3. The van der Waals surface area contributed by atoms with Gasteiger partial charge in [0.1, 0.15) is 0 Å². The molecule has 0 fully saturated rings. The summed E-state index contributed by atoms with van der Waals surface area (Å²) >= 11 is 0. The van der Waals surface area contributed by atoms with Gasteiger partial charge in [-0.1, -0.05) is 31.5 Å². The smallest absolute Gasteiger partial charge is 0.324 e. The first-order valence-electron chi connectivity index (χ1n) is 8.64. The van der Waals surface area contributed by atoms with Crippen LogP contribution in [0.4, 0.5) is 5.69 Å². The molecular weight excluding hydrogens is 330 g/mol. The number of pyridine rings is 1. The van der Waals surface area contributed by atoms with Crippen LogP contribution in [0, 0.1) is 0 Å². The van der Waals surface area contributed by atoms with Crippen molar-refractivity contribution in [1.29, 1.82) is 0 Å². The van der Waals surface area contributed by atoms with Crippen LogP contribution < -0.4 is 16.7 Å². The highest BCUT2D eigenvalue weighted by molar-refractivity contribution is 5.97. The van der Waals surface area contributed by atoms with Crippen LogP contribution in [0.3, 0.4) is 0 Å². The largest absolute Gasteiger partial charge is 0.350 e. The molecule has 136 valence electrons. The number of anilines is 1. The fourth-order valence-corrected chi connectivity index (χ4v) is 2.90. The molecule has 7 heteroatoms. The molecule has 0 aliphatic carbocycles. The number of amides is 1. The van der Waals surface area contributed by atoms with E-state index in [1.54, 1.807) is 31.3 Å². The molecule has 0 aliphatic heterocycles. The van der Waals surface area contributed by atoms with Crippen LogP contribution in [0.5, 0.6) is 0 Å². The van der Waals surface area contributed by atoms with E-state index in [1.807, 2.05) is 31.2 Å². The lowest BCUT2D eigenvalue weighted by molar-refractivity contribution is -0.120. The summed E-state index contributed by atoms with van der Waals surface area (Å²) in [7, 11) is 0. The normalized spacial score (nSPS) is 13.5. The van der Waals surface area contributed by atoms with Crippen molar-refractivity contribution in [2.45, 2.75) is 38.8 Å². The van der Waals surface area contributed by atoms with Gasteiger partial charge >= 0.3 is 5.69 Å². The second kappa shape index (κ2) is 7.13. The average molecular weight is 353 g/mol. The van der Waals surface area contributed by atoms with Gasteiger partial charge in [0.05, 0.1) is 12.1 Å². The summed E-state index contributed by atoms with van der Waals surface area (Å²) in [5.74, 6) is -0.221. The Bertz CT molecular complexity index is 987. The lowest BCUT2D eigenvalue weighted by Crippen LogP contribution is -2.48. The van der Waals surface area contributed by atoms with E-state index >= 15 is 0 Å². The highest BCUT2D eigenvalue weighted by atomic mass is 16.2. The van der Waals surface area contributed by atoms with Crippen molar-refractivity contribution in [2.75, 3.05) is 5.32 Å². The Morgan fingerprint density at radius 3 is 2.81 bits per heavy atom. The molecule has 0 bridgehead atoms. The molecule has 2 aromatic heterocycles. The van der Waals surface area contributed by atoms with Crippen LogP contribution in [0.1, 0.15) is 32.3 Å². The third-order valence-electron chi connectivity index (χ3n) is 4.29.